The third-order valence-electron chi connectivity index (χ3n) is 3.96. The Morgan fingerprint density at radius 3 is 2.21 bits per heavy atom. The molecule has 0 spiro atoms. The quantitative estimate of drug-likeness (QED) is 0.904. The van der Waals surface area contributed by atoms with Crippen molar-refractivity contribution in [2.45, 2.75) is 32.5 Å². The summed E-state index contributed by atoms with van der Waals surface area (Å²) in [4.78, 5) is 2.43. The van der Waals surface area contributed by atoms with Crippen LogP contribution in [0.4, 0.5) is 5.69 Å². The summed E-state index contributed by atoms with van der Waals surface area (Å²) in [6.45, 7) is 4.12. The molecule has 1 aliphatic heterocycles. The Balaban J connectivity index is 1.93. The summed E-state index contributed by atoms with van der Waals surface area (Å²) in [5, 5.41) is 0. The Bertz CT molecular complexity index is 552. The lowest BCUT2D eigenvalue weighted by atomic mass is 10.0. The second kappa shape index (κ2) is 5.06. The van der Waals surface area contributed by atoms with Gasteiger partial charge in [-0.15, -0.1) is 0 Å². The zero-order chi connectivity index (χ0) is 13.2. The van der Waals surface area contributed by atoms with Crippen LogP contribution in [0.1, 0.15) is 36.1 Å². The SMILES string of the molecule is CC[C@@H](N)c1ccccc1N1Cc2ccccc2C1. The van der Waals surface area contributed by atoms with Crippen LogP contribution in [0, 0.1) is 0 Å². The van der Waals surface area contributed by atoms with E-state index in [1.807, 2.05) is 0 Å². The molecule has 0 radical (unpaired) electrons. The van der Waals surface area contributed by atoms with Crippen molar-refractivity contribution in [1.82, 2.24) is 0 Å². The molecule has 0 amide bonds. The van der Waals surface area contributed by atoms with Crippen LogP contribution in [0.25, 0.3) is 0 Å². The van der Waals surface area contributed by atoms with Gasteiger partial charge in [-0.05, 0) is 29.2 Å². The van der Waals surface area contributed by atoms with Crippen LogP contribution in [0.2, 0.25) is 0 Å². The molecule has 1 aliphatic rings. The van der Waals surface area contributed by atoms with E-state index in [1.165, 1.54) is 22.4 Å². The predicted octanol–water partition coefficient (Wildman–Crippen LogP) is 3.62. The standard InChI is InChI=1S/C17H20N2/c1-2-16(18)15-9-5-6-10-17(15)19-11-13-7-3-4-8-14(13)12-19/h3-10,16H,2,11-12,18H2,1H3/t16-/m1/s1. The van der Waals surface area contributed by atoms with Crippen LogP contribution < -0.4 is 10.6 Å². The van der Waals surface area contributed by atoms with Gasteiger partial charge in [0.25, 0.3) is 0 Å². The van der Waals surface area contributed by atoms with Gasteiger partial charge in [0.05, 0.1) is 0 Å². The molecule has 0 aliphatic carbocycles. The minimum absolute atomic E-state index is 0.125. The topological polar surface area (TPSA) is 29.3 Å². The van der Waals surface area contributed by atoms with Gasteiger partial charge >= 0.3 is 0 Å². The van der Waals surface area contributed by atoms with Crippen LogP contribution in [-0.2, 0) is 13.1 Å². The van der Waals surface area contributed by atoms with E-state index in [2.05, 4.69) is 60.4 Å². The Morgan fingerprint density at radius 1 is 1.00 bits per heavy atom. The second-order valence-corrected chi connectivity index (χ2v) is 5.20. The Kier molecular flexibility index (Phi) is 3.26. The Morgan fingerprint density at radius 2 is 1.58 bits per heavy atom. The first-order chi connectivity index (χ1) is 9.29. The van der Waals surface area contributed by atoms with E-state index in [0.29, 0.717) is 0 Å². The molecule has 0 aromatic heterocycles. The van der Waals surface area contributed by atoms with Gasteiger partial charge in [-0.1, -0.05) is 49.4 Å². The first-order valence-corrected chi connectivity index (χ1v) is 6.96. The van der Waals surface area contributed by atoms with Crippen molar-refractivity contribution in [3.05, 3.63) is 65.2 Å². The zero-order valence-electron chi connectivity index (χ0n) is 11.3. The Labute approximate surface area is 114 Å². The molecule has 0 unspecified atom stereocenters. The fourth-order valence-electron chi connectivity index (χ4n) is 2.81. The maximum Gasteiger partial charge on any atom is 0.0436 e. The molecule has 98 valence electrons. The number of benzene rings is 2. The lowest BCUT2D eigenvalue weighted by molar-refractivity contribution is 0.692. The molecule has 0 fully saturated rings. The van der Waals surface area contributed by atoms with E-state index >= 15 is 0 Å². The molecule has 2 nitrogen and oxygen atoms in total. The van der Waals surface area contributed by atoms with Gasteiger partial charge < -0.3 is 10.6 Å². The molecule has 1 heterocycles. The highest BCUT2D eigenvalue weighted by Gasteiger charge is 2.21. The second-order valence-electron chi connectivity index (χ2n) is 5.20. The van der Waals surface area contributed by atoms with Gasteiger partial charge in [0, 0.05) is 24.8 Å². The smallest absolute Gasteiger partial charge is 0.0436 e. The summed E-state index contributed by atoms with van der Waals surface area (Å²) >= 11 is 0. The number of rotatable bonds is 3. The average Bonchev–Trinajstić information content (AvgIpc) is 2.90. The molecule has 2 heteroatoms. The van der Waals surface area contributed by atoms with Gasteiger partial charge in [0.1, 0.15) is 0 Å². The minimum Gasteiger partial charge on any atom is -0.363 e. The molecule has 0 saturated carbocycles. The van der Waals surface area contributed by atoms with Crippen LogP contribution in [0.5, 0.6) is 0 Å². The maximum absolute atomic E-state index is 6.24. The highest BCUT2D eigenvalue weighted by molar-refractivity contribution is 5.58. The number of nitrogens with zero attached hydrogens (tertiary/aromatic N) is 1. The lowest BCUT2D eigenvalue weighted by Crippen LogP contribution is -2.19. The largest absolute Gasteiger partial charge is 0.363 e. The predicted molar refractivity (Wildman–Crippen MR) is 80.0 cm³/mol. The molecule has 0 bridgehead atoms. The first-order valence-electron chi connectivity index (χ1n) is 6.96. The fourth-order valence-corrected chi connectivity index (χ4v) is 2.81. The van der Waals surface area contributed by atoms with Crippen molar-refractivity contribution >= 4 is 5.69 Å². The number of fused-ring (bicyclic) bond motifs is 1. The van der Waals surface area contributed by atoms with Crippen molar-refractivity contribution < 1.29 is 0 Å². The summed E-state index contributed by atoms with van der Waals surface area (Å²) in [7, 11) is 0. The summed E-state index contributed by atoms with van der Waals surface area (Å²) in [6, 6.07) is 17.3. The maximum atomic E-state index is 6.24. The van der Waals surface area contributed by atoms with Crippen LogP contribution >= 0.6 is 0 Å². The summed E-state index contributed by atoms with van der Waals surface area (Å²) in [5.74, 6) is 0. The fraction of sp³-hybridized carbons (Fsp3) is 0.294. The van der Waals surface area contributed by atoms with Crippen molar-refractivity contribution in [2.75, 3.05) is 4.90 Å². The average molecular weight is 252 g/mol. The lowest BCUT2D eigenvalue weighted by Gasteiger charge is -2.24. The van der Waals surface area contributed by atoms with Crippen molar-refractivity contribution in [3.8, 4) is 0 Å². The van der Waals surface area contributed by atoms with E-state index in [1.54, 1.807) is 0 Å². The molecule has 1 atom stereocenters. The third-order valence-corrected chi connectivity index (χ3v) is 3.96. The number of nitrogens with two attached hydrogens (primary N) is 1. The van der Waals surface area contributed by atoms with Gasteiger partial charge in [0.2, 0.25) is 0 Å². The van der Waals surface area contributed by atoms with Gasteiger partial charge in [-0.25, -0.2) is 0 Å². The van der Waals surface area contributed by atoms with Crippen LogP contribution in [0.15, 0.2) is 48.5 Å². The Hall–Kier alpha value is -1.80. The molecular formula is C17H20N2. The normalized spacial score (nSPS) is 15.4. The molecule has 3 rings (SSSR count). The molecule has 2 N–H and O–H groups in total. The van der Waals surface area contributed by atoms with E-state index in [-0.39, 0.29) is 6.04 Å². The number of para-hydroxylation sites is 1. The highest BCUT2D eigenvalue weighted by Crippen LogP contribution is 2.33. The molecule has 2 aromatic carbocycles. The van der Waals surface area contributed by atoms with E-state index in [0.717, 1.165) is 19.5 Å². The zero-order valence-corrected chi connectivity index (χ0v) is 11.3. The van der Waals surface area contributed by atoms with Crippen LogP contribution in [-0.4, -0.2) is 0 Å². The molecule has 19 heavy (non-hydrogen) atoms. The monoisotopic (exact) mass is 252 g/mol. The first kappa shape index (κ1) is 12.2. The van der Waals surface area contributed by atoms with Gasteiger partial charge in [-0.2, -0.15) is 0 Å². The number of hydrogen-bond donors (Lipinski definition) is 1. The van der Waals surface area contributed by atoms with Gasteiger partial charge in [-0.3, -0.25) is 0 Å². The summed E-state index contributed by atoms with van der Waals surface area (Å²) < 4.78 is 0. The summed E-state index contributed by atoms with van der Waals surface area (Å²) in [5.41, 5.74) is 11.7. The molecule has 2 aromatic rings. The van der Waals surface area contributed by atoms with Crippen molar-refractivity contribution in [2.24, 2.45) is 5.73 Å². The minimum atomic E-state index is 0.125. The molecule has 0 saturated heterocycles. The third kappa shape index (κ3) is 2.24. The number of anilines is 1. The van der Waals surface area contributed by atoms with Crippen molar-refractivity contribution in [3.63, 3.8) is 0 Å². The van der Waals surface area contributed by atoms with E-state index in [9.17, 15) is 0 Å². The van der Waals surface area contributed by atoms with Crippen molar-refractivity contribution in [1.29, 1.82) is 0 Å². The summed E-state index contributed by atoms with van der Waals surface area (Å²) in [6.07, 6.45) is 0.970. The highest BCUT2D eigenvalue weighted by atomic mass is 15.1. The van der Waals surface area contributed by atoms with E-state index < -0.39 is 0 Å². The number of hydrogen-bond acceptors (Lipinski definition) is 2. The van der Waals surface area contributed by atoms with Crippen LogP contribution in [0.3, 0.4) is 0 Å². The van der Waals surface area contributed by atoms with Gasteiger partial charge in [0.15, 0.2) is 0 Å². The molecular weight excluding hydrogens is 232 g/mol. The van der Waals surface area contributed by atoms with E-state index in [4.69, 9.17) is 5.73 Å².